The molecule has 0 bridgehead atoms. The summed E-state index contributed by atoms with van der Waals surface area (Å²) in [4.78, 5) is 30.8. The van der Waals surface area contributed by atoms with Gasteiger partial charge in [0.1, 0.15) is 5.00 Å². The molecule has 2 amide bonds. The monoisotopic (exact) mass is 411 g/mol. The first-order valence-corrected chi connectivity index (χ1v) is 10.2. The van der Waals surface area contributed by atoms with Crippen LogP contribution in [0.1, 0.15) is 43.1 Å². The number of nitrogens with one attached hydrogen (secondary N) is 2. The molecule has 142 valence electrons. The van der Waals surface area contributed by atoms with E-state index >= 15 is 0 Å². The van der Waals surface area contributed by atoms with Gasteiger partial charge in [-0.15, -0.1) is 11.3 Å². The third-order valence-corrected chi connectivity index (χ3v) is 6.12. The topological polar surface area (TPSA) is 71.1 Å². The number of anilines is 1. The fourth-order valence-corrected chi connectivity index (χ4v) is 4.69. The van der Waals surface area contributed by atoms with E-state index in [1.807, 2.05) is 12.1 Å². The zero-order chi connectivity index (χ0) is 19.5. The first-order chi connectivity index (χ1) is 13.6. The summed E-state index contributed by atoms with van der Waals surface area (Å²) in [6.45, 7) is 0.391. The molecule has 0 saturated carbocycles. The number of fused-ring (bicyclic) bond motifs is 1. The molecule has 0 aliphatic heterocycles. The van der Waals surface area contributed by atoms with E-state index < -0.39 is 0 Å². The lowest BCUT2D eigenvalue weighted by molar-refractivity contribution is 0.0951. The lowest BCUT2D eigenvalue weighted by atomic mass is 10.1. The van der Waals surface area contributed by atoms with E-state index in [0.29, 0.717) is 27.7 Å². The second kappa shape index (κ2) is 8.12. The smallest absolute Gasteiger partial charge is 0.256 e. The van der Waals surface area contributed by atoms with Gasteiger partial charge in [-0.2, -0.15) is 0 Å². The van der Waals surface area contributed by atoms with Gasteiger partial charge in [0.05, 0.1) is 5.56 Å². The van der Waals surface area contributed by atoms with Gasteiger partial charge in [-0.05, 0) is 60.7 Å². The summed E-state index contributed by atoms with van der Waals surface area (Å²) < 4.78 is 0. The van der Waals surface area contributed by atoms with Crippen molar-refractivity contribution in [3.05, 3.63) is 80.9 Å². The van der Waals surface area contributed by atoms with Crippen LogP contribution in [-0.4, -0.2) is 16.8 Å². The minimum Gasteiger partial charge on any atom is -0.348 e. The minimum atomic E-state index is -0.252. The van der Waals surface area contributed by atoms with Crippen molar-refractivity contribution in [2.75, 3.05) is 5.32 Å². The fraction of sp³-hybridized carbons (Fsp3) is 0.190. The molecular weight excluding hydrogens is 394 g/mol. The summed E-state index contributed by atoms with van der Waals surface area (Å²) in [7, 11) is 0. The Bertz CT molecular complexity index is 1020. The number of amides is 2. The molecule has 0 radical (unpaired) electrons. The molecule has 0 saturated heterocycles. The zero-order valence-corrected chi connectivity index (χ0v) is 16.6. The molecule has 0 atom stereocenters. The molecule has 1 aliphatic rings. The first-order valence-electron chi connectivity index (χ1n) is 9.00. The van der Waals surface area contributed by atoms with Crippen molar-refractivity contribution in [3.8, 4) is 0 Å². The van der Waals surface area contributed by atoms with Crippen LogP contribution < -0.4 is 10.6 Å². The maximum absolute atomic E-state index is 12.9. The predicted molar refractivity (Wildman–Crippen MR) is 111 cm³/mol. The zero-order valence-electron chi connectivity index (χ0n) is 15.0. The van der Waals surface area contributed by atoms with Gasteiger partial charge in [0.25, 0.3) is 11.8 Å². The maximum Gasteiger partial charge on any atom is 0.256 e. The van der Waals surface area contributed by atoms with Gasteiger partial charge in [-0.1, -0.05) is 17.7 Å². The van der Waals surface area contributed by atoms with E-state index in [1.165, 1.54) is 16.2 Å². The van der Waals surface area contributed by atoms with Gasteiger partial charge in [0.15, 0.2) is 0 Å². The van der Waals surface area contributed by atoms with E-state index in [-0.39, 0.29) is 11.8 Å². The molecule has 2 N–H and O–H groups in total. The van der Waals surface area contributed by atoms with Gasteiger partial charge in [0.2, 0.25) is 0 Å². The second-order valence-electron chi connectivity index (χ2n) is 6.57. The molecule has 0 unspecified atom stereocenters. The SMILES string of the molecule is O=C(Nc1sc2c(c1C(=O)NCc1cccnc1)CCC2)c1ccc(Cl)cc1. The Morgan fingerprint density at radius 1 is 1.11 bits per heavy atom. The summed E-state index contributed by atoms with van der Waals surface area (Å²) in [6, 6.07) is 10.4. The Balaban J connectivity index is 1.55. The average molecular weight is 412 g/mol. The van der Waals surface area contributed by atoms with E-state index in [9.17, 15) is 9.59 Å². The van der Waals surface area contributed by atoms with Crippen LogP contribution in [0.2, 0.25) is 5.02 Å². The predicted octanol–water partition coefficient (Wildman–Crippen LogP) is 4.47. The normalized spacial score (nSPS) is 12.5. The van der Waals surface area contributed by atoms with Crippen LogP contribution in [0.3, 0.4) is 0 Å². The summed E-state index contributed by atoms with van der Waals surface area (Å²) in [5.41, 5.74) is 3.07. The molecule has 5 nitrogen and oxygen atoms in total. The molecule has 2 heterocycles. The number of pyridine rings is 1. The van der Waals surface area contributed by atoms with Crippen molar-refractivity contribution in [1.82, 2.24) is 10.3 Å². The van der Waals surface area contributed by atoms with Crippen LogP contribution in [0.4, 0.5) is 5.00 Å². The standard InChI is InChI=1S/C21H18ClN3O2S/c22-15-8-6-14(7-9-15)19(26)25-21-18(16-4-1-5-17(16)28-21)20(27)24-12-13-3-2-10-23-11-13/h2-3,6-11H,1,4-5,12H2,(H,24,27)(H,25,26). The van der Waals surface area contributed by atoms with Crippen molar-refractivity contribution in [2.45, 2.75) is 25.8 Å². The summed E-state index contributed by atoms with van der Waals surface area (Å²) >= 11 is 7.39. The van der Waals surface area contributed by atoms with E-state index in [4.69, 9.17) is 11.6 Å². The van der Waals surface area contributed by atoms with Gasteiger partial charge >= 0.3 is 0 Å². The van der Waals surface area contributed by atoms with Gasteiger partial charge in [-0.25, -0.2) is 0 Å². The third kappa shape index (κ3) is 3.93. The Morgan fingerprint density at radius 3 is 2.68 bits per heavy atom. The third-order valence-electron chi connectivity index (χ3n) is 4.66. The molecule has 1 aliphatic carbocycles. The summed E-state index contributed by atoms with van der Waals surface area (Å²) in [6.07, 6.45) is 6.26. The van der Waals surface area contributed by atoms with Crippen LogP contribution in [0.15, 0.2) is 48.8 Å². The highest BCUT2D eigenvalue weighted by Gasteiger charge is 2.27. The first kappa shape index (κ1) is 18.7. The number of aromatic nitrogens is 1. The number of halogens is 1. The number of hydrogen-bond donors (Lipinski definition) is 2. The number of nitrogens with zero attached hydrogens (tertiary/aromatic N) is 1. The highest BCUT2D eigenvalue weighted by atomic mass is 35.5. The van der Waals surface area contributed by atoms with Crippen LogP contribution in [0, 0.1) is 0 Å². The molecule has 1 aromatic carbocycles. The van der Waals surface area contributed by atoms with E-state index in [0.717, 1.165) is 30.4 Å². The second-order valence-corrected chi connectivity index (χ2v) is 8.11. The lowest BCUT2D eigenvalue weighted by Gasteiger charge is -2.10. The minimum absolute atomic E-state index is 0.172. The number of thiophene rings is 1. The number of aryl methyl sites for hydroxylation is 1. The molecular formula is C21H18ClN3O2S. The van der Waals surface area contributed by atoms with Gasteiger partial charge in [0, 0.05) is 34.4 Å². The number of hydrogen-bond acceptors (Lipinski definition) is 4. The number of carbonyl (C=O) groups is 2. The van der Waals surface area contributed by atoms with E-state index in [2.05, 4.69) is 15.6 Å². The number of rotatable bonds is 5. The molecule has 2 aromatic heterocycles. The number of benzene rings is 1. The average Bonchev–Trinajstić information content (AvgIpc) is 3.28. The van der Waals surface area contributed by atoms with Gasteiger partial charge < -0.3 is 10.6 Å². The molecule has 0 spiro atoms. The number of carbonyl (C=O) groups excluding carboxylic acids is 2. The van der Waals surface area contributed by atoms with E-state index in [1.54, 1.807) is 36.7 Å². The highest BCUT2D eigenvalue weighted by molar-refractivity contribution is 7.17. The van der Waals surface area contributed by atoms with Crippen LogP contribution in [0.25, 0.3) is 0 Å². The fourth-order valence-electron chi connectivity index (χ4n) is 3.28. The van der Waals surface area contributed by atoms with Crippen molar-refractivity contribution in [1.29, 1.82) is 0 Å². The molecule has 7 heteroatoms. The van der Waals surface area contributed by atoms with Crippen LogP contribution in [-0.2, 0) is 19.4 Å². The van der Waals surface area contributed by atoms with Crippen molar-refractivity contribution in [3.63, 3.8) is 0 Å². The van der Waals surface area contributed by atoms with Crippen molar-refractivity contribution >= 4 is 39.8 Å². The molecule has 0 fully saturated rings. The Hall–Kier alpha value is -2.70. The quantitative estimate of drug-likeness (QED) is 0.650. The molecule has 4 rings (SSSR count). The Morgan fingerprint density at radius 2 is 1.93 bits per heavy atom. The largest absolute Gasteiger partial charge is 0.348 e. The lowest BCUT2D eigenvalue weighted by Crippen LogP contribution is -2.25. The summed E-state index contributed by atoms with van der Waals surface area (Å²) in [5, 5.41) is 7.05. The Kier molecular flexibility index (Phi) is 5.41. The van der Waals surface area contributed by atoms with Crippen LogP contribution >= 0.6 is 22.9 Å². The summed E-state index contributed by atoms with van der Waals surface area (Å²) in [5.74, 6) is -0.424. The molecule has 28 heavy (non-hydrogen) atoms. The van der Waals surface area contributed by atoms with Crippen molar-refractivity contribution < 1.29 is 9.59 Å². The Labute approximate surface area is 171 Å². The molecule has 3 aromatic rings. The van der Waals surface area contributed by atoms with Crippen LogP contribution in [0.5, 0.6) is 0 Å². The highest BCUT2D eigenvalue weighted by Crippen LogP contribution is 2.39. The van der Waals surface area contributed by atoms with Crippen molar-refractivity contribution in [2.24, 2.45) is 0 Å². The van der Waals surface area contributed by atoms with Gasteiger partial charge in [-0.3, -0.25) is 14.6 Å². The maximum atomic E-state index is 12.9.